The minimum atomic E-state index is 0.288. The van der Waals surface area contributed by atoms with Crippen molar-refractivity contribution in [1.82, 2.24) is 9.80 Å². The fraction of sp³-hybridized carbons (Fsp3) is 0.583. The summed E-state index contributed by atoms with van der Waals surface area (Å²) in [6.45, 7) is 5.95. The molecule has 146 valence electrons. The number of rotatable bonds is 6. The van der Waals surface area contributed by atoms with E-state index in [0.29, 0.717) is 6.04 Å². The highest BCUT2D eigenvalue weighted by Crippen LogP contribution is 2.26. The van der Waals surface area contributed by atoms with Gasteiger partial charge in [0.15, 0.2) is 0 Å². The van der Waals surface area contributed by atoms with Crippen LogP contribution in [-0.2, 0) is 6.54 Å². The molecule has 2 fully saturated rings. The van der Waals surface area contributed by atoms with Crippen LogP contribution in [0.25, 0.3) is 10.8 Å². The predicted octanol–water partition coefficient (Wildman–Crippen LogP) is 4.29. The van der Waals surface area contributed by atoms with Crippen LogP contribution >= 0.6 is 0 Å². The maximum Gasteiger partial charge on any atom is 0.0446 e. The first kappa shape index (κ1) is 18.9. The minimum absolute atomic E-state index is 0.288. The van der Waals surface area contributed by atoms with Crippen molar-refractivity contribution >= 4 is 10.8 Å². The molecular weight excluding hydrogens is 332 g/mol. The predicted molar refractivity (Wildman–Crippen MR) is 113 cm³/mol. The van der Waals surface area contributed by atoms with Gasteiger partial charge < -0.3 is 10.0 Å². The van der Waals surface area contributed by atoms with E-state index in [1.165, 1.54) is 61.5 Å². The van der Waals surface area contributed by atoms with Gasteiger partial charge in [-0.25, -0.2) is 0 Å². The van der Waals surface area contributed by atoms with Crippen LogP contribution in [0.1, 0.15) is 44.1 Å². The SMILES string of the molecule is OCC[C@H]1CN(CC2CCCCC2)CCN1Cc1ccc2ccccc2c1. The molecular formula is C24H34N2O. The maximum atomic E-state index is 9.61. The summed E-state index contributed by atoms with van der Waals surface area (Å²) in [5.74, 6) is 0.903. The van der Waals surface area contributed by atoms with Crippen molar-refractivity contribution in [3.05, 3.63) is 48.0 Å². The number of hydrogen-bond donors (Lipinski definition) is 1. The second-order valence-corrected chi connectivity index (χ2v) is 8.58. The average molecular weight is 367 g/mol. The highest BCUT2D eigenvalue weighted by atomic mass is 16.3. The minimum Gasteiger partial charge on any atom is -0.396 e. The zero-order chi connectivity index (χ0) is 18.5. The molecule has 1 saturated heterocycles. The first-order chi connectivity index (χ1) is 13.3. The van der Waals surface area contributed by atoms with Crippen molar-refractivity contribution in [1.29, 1.82) is 0 Å². The smallest absolute Gasteiger partial charge is 0.0446 e. The molecule has 1 aliphatic heterocycles. The Morgan fingerprint density at radius 3 is 2.56 bits per heavy atom. The van der Waals surface area contributed by atoms with Crippen LogP contribution in [0, 0.1) is 5.92 Å². The fourth-order valence-corrected chi connectivity index (χ4v) is 5.06. The maximum absolute atomic E-state index is 9.61. The number of aliphatic hydroxyl groups is 1. The molecule has 3 nitrogen and oxygen atoms in total. The Morgan fingerprint density at radius 2 is 1.74 bits per heavy atom. The summed E-state index contributed by atoms with van der Waals surface area (Å²) < 4.78 is 0. The molecule has 1 heterocycles. The Morgan fingerprint density at radius 1 is 0.926 bits per heavy atom. The second-order valence-electron chi connectivity index (χ2n) is 8.58. The molecule has 27 heavy (non-hydrogen) atoms. The summed E-state index contributed by atoms with van der Waals surface area (Å²) in [5.41, 5.74) is 1.39. The molecule has 0 spiro atoms. The average Bonchev–Trinajstić information content (AvgIpc) is 2.71. The molecule has 1 N–H and O–H groups in total. The van der Waals surface area contributed by atoms with Crippen LogP contribution in [0.4, 0.5) is 0 Å². The van der Waals surface area contributed by atoms with Gasteiger partial charge in [-0.15, -0.1) is 0 Å². The highest BCUT2D eigenvalue weighted by molar-refractivity contribution is 5.82. The molecule has 1 aliphatic carbocycles. The molecule has 1 saturated carbocycles. The van der Waals surface area contributed by atoms with Gasteiger partial charge in [-0.05, 0) is 47.6 Å². The summed E-state index contributed by atoms with van der Waals surface area (Å²) in [5, 5.41) is 12.2. The Hall–Kier alpha value is -1.42. The van der Waals surface area contributed by atoms with E-state index in [9.17, 15) is 5.11 Å². The standard InChI is InChI=1S/C24H34N2O/c27-15-12-24-19-25(17-20-6-2-1-3-7-20)13-14-26(24)18-21-10-11-22-8-4-5-9-23(22)16-21/h4-5,8-11,16,20,24,27H,1-3,6-7,12-15,17-19H2/t24-/m0/s1. The first-order valence-corrected chi connectivity index (χ1v) is 10.9. The van der Waals surface area contributed by atoms with Gasteiger partial charge in [-0.2, -0.15) is 0 Å². The van der Waals surface area contributed by atoms with Crippen molar-refractivity contribution in [3.8, 4) is 0 Å². The molecule has 4 rings (SSSR count). The van der Waals surface area contributed by atoms with Gasteiger partial charge in [0.1, 0.15) is 0 Å². The molecule has 2 aromatic rings. The molecule has 1 atom stereocenters. The van der Waals surface area contributed by atoms with Crippen molar-refractivity contribution in [2.24, 2.45) is 5.92 Å². The van der Waals surface area contributed by atoms with Crippen molar-refractivity contribution in [2.45, 2.75) is 51.1 Å². The molecule has 3 heteroatoms. The van der Waals surface area contributed by atoms with E-state index in [1.54, 1.807) is 0 Å². The lowest BCUT2D eigenvalue weighted by atomic mass is 9.88. The topological polar surface area (TPSA) is 26.7 Å². The van der Waals surface area contributed by atoms with Crippen LogP contribution in [0.15, 0.2) is 42.5 Å². The molecule has 2 aliphatic rings. The number of hydrogen-bond acceptors (Lipinski definition) is 3. The second kappa shape index (κ2) is 9.18. The van der Waals surface area contributed by atoms with E-state index < -0.39 is 0 Å². The van der Waals surface area contributed by atoms with Crippen LogP contribution in [0.5, 0.6) is 0 Å². The zero-order valence-electron chi connectivity index (χ0n) is 16.5. The van der Waals surface area contributed by atoms with Gasteiger partial charge in [-0.1, -0.05) is 55.7 Å². The zero-order valence-corrected chi connectivity index (χ0v) is 16.5. The van der Waals surface area contributed by atoms with Gasteiger partial charge in [-0.3, -0.25) is 4.90 Å². The molecule has 0 bridgehead atoms. The highest BCUT2D eigenvalue weighted by Gasteiger charge is 2.28. The quantitative estimate of drug-likeness (QED) is 0.826. The molecule has 0 unspecified atom stereocenters. The third-order valence-corrected chi connectivity index (χ3v) is 6.59. The van der Waals surface area contributed by atoms with E-state index in [4.69, 9.17) is 0 Å². The number of benzene rings is 2. The Balaban J connectivity index is 1.39. The summed E-state index contributed by atoms with van der Waals surface area (Å²) in [7, 11) is 0. The van der Waals surface area contributed by atoms with Gasteiger partial charge in [0, 0.05) is 45.4 Å². The van der Waals surface area contributed by atoms with Gasteiger partial charge in [0.05, 0.1) is 0 Å². The lowest BCUT2D eigenvalue weighted by molar-refractivity contribution is 0.0427. The lowest BCUT2D eigenvalue weighted by Crippen LogP contribution is -2.53. The van der Waals surface area contributed by atoms with Crippen molar-refractivity contribution in [3.63, 3.8) is 0 Å². The largest absolute Gasteiger partial charge is 0.396 e. The molecule has 2 aromatic carbocycles. The van der Waals surface area contributed by atoms with E-state index in [2.05, 4.69) is 52.3 Å². The third-order valence-electron chi connectivity index (χ3n) is 6.59. The van der Waals surface area contributed by atoms with Crippen LogP contribution in [-0.4, -0.2) is 53.7 Å². The van der Waals surface area contributed by atoms with Crippen LogP contribution in [0.2, 0.25) is 0 Å². The molecule has 0 radical (unpaired) electrons. The fourth-order valence-electron chi connectivity index (χ4n) is 5.06. The molecule has 0 amide bonds. The number of fused-ring (bicyclic) bond motifs is 1. The molecule has 0 aromatic heterocycles. The third kappa shape index (κ3) is 4.90. The summed E-state index contributed by atoms with van der Waals surface area (Å²) in [6, 6.07) is 15.9. The summed E-state index contributed by atoms with van der Waals surface area (Å²) in [6.07, 6.45) is 8.00. The number of aliphatic hydroxyl groups excluding tert-OH is 1. The van der Waals surface area contributed by atoms with E-state index in [-0.39, 0.29) is 6.61 Å². The van der Waals surface area contributed by atoms with Crippen molar-refractivity contribution < 1.29 is 5.11 Å². The Kier molecular flexibility index (Phi) is 6.43. The van der Waals surface area contributed by atoms with Gasteiger partial charge in [0.2, 0.25) is 0 Å². The van der Waals surface area contributed by atoms with E-state index in [1.807, 2.05) is 0 Å². The normalized spacial score (nSPS) is 23.1. The van der Waals surface area contributed by atoms with E-state index in [0.717, 1.165) is 32.0 Å². The monoisotopic (exact) mass is 366 g/mol. The Bertz CT molecular complexity index is 725. The Labute approximate surface area is 164 Å². The summed E-state index contributed by atoms with van der Waals surface area (Å²) in [4.78, 5) is 5.27. The lowest BCUT2D eigenvalue weighted by Gasteiger charge is -2.43. The number of nitrogens with zero attached hydrogens (tertiary/aromatic N) is 2. The van der Waals surface area contributed by atoms with Gasteiger partial charge in [0.25, 0.3) is 0 Å². The van der Waals surface area contributed by atoms with Crippen LogP contribution in [0.3, 0.4) is 0 Å². The van der Waals surface area contributed by atoms with Gasteiger partial charge >= 0.3 is 0 Å². The van der Waals surface area contributed by atoms with Crippen molar-refractivity contribution in [2.75, 3.05) is 32.8 Å². The first-order valence-electron chi connectivity index (χ1n) is 10.9. The van der Waals surface area contributed by atoms with E-state index >= 15 is 0 Å². The number of piperazine rings is 1. The summed E-state index contributed by atoms with van der Waals surface area (Å²) >= 11 is 0. The van der Waals surface area contributed by atoms with Crippen LogP contribution < -0.4 is 0 Å².